The first kappa shape index (κ1) is 22.6. The van der Waals surface area contributed by atoms with E-state index in [1.54, 1.807) is 11.3 Å². The maximum Gasteiger partial charge on any atom is 0.238 e. The predicted molar refractivity (Wildman–Crippen MR) is 164 cm³/mol. The molecule has 41 heavy (non-hydrogen) atoms. The van der Waals surface area contributed by atoms with Crippen LogP contribution in [0.25, 0.3) is 75.9 Å². The van der Waals surface area contributed by atoms with E-state index in [-0.39, 0.29) is 0 Å². The summed E-state index contributed by atoms with van der Waals surface area (Å²) in [5.41, 5.74) is 5.44. The van der Waals surface area contributed by atoms with Gasteiger partial charge in [-0.1, -0.05) is 85.0 Å². The highest BCUT2D eigenvalue weighted by atomic mass is 32.1. The second-order valence-corrected chi connectivity index (χ2v) is 11.2. The van der Waals surface area contributed by atoms with Crippen molar-refractivity contribution in [1.82, 2.24) is 29.8 Å². The van der Waals surface area contributed by atoms with E-state index in [0.717, 1.165) is 72.3 Å². The highest BCUT2D eigenvalue weighted by molar-refractivity contribution is 7.27. The summed E-state index contributed by atoms with van der Waals surface area (Å²) in [4.78, 5) is 15.2. The summed E-state index contributed by atoms with van der Waals surface area (Å²) in [6, 6.07) is 26.8. The molecule has 0 atom stereocenters. The van der Waals surface area contributed by atoms with Gasteiger partial charge in [-0.25, -0.2) is 9.61 Å². The van der Waals surface area contributed by atoms with Crippen molar-refractivity contribution in [3.63, 3.8) is 0 Å². The van der Waals surface area contributed by atoms with E-state index in [0.29, 0.717) is 17.6 Å². The summed E-state index contributed by atoms with van der Waals surface area (Å²) >= 11 is 1.74. The Bertz CT molecular complexity index is 2380. The molecule has 0 spiro atoms. The minimum atomic E-state index is 0.564. The van der Waals surface area contributed by atoms with Gasteiger partial charge in [-0.05, 0) is 35.3 Å². The predicted octanol–water partition coefficient (Wildman–Crippen LogP) is 8.27. The number of aromatic nitrogens is 6. The Morgan fingerprint density at radius 3 is 2.32 bits per heavy atom. The van der Waals surface area contributed by atoms with Gasteiger partial charge in [0.15, 0.2) is 11.6 Å². The van der Waals surface area contributed by atoms with E-state index in [1.165, 1.54) is 4.70 Å². The number of hydrogen-bond acceptors (Lipinski definition) is 7. The molecule has 0 unspecified atom stereocenters. The topological polar surface area (TPSA) is 82.5 Å². The third-order valence-corrected chi connectivity index (χ3v) is 8.93. The summed E-state index contributed by atoms with van der Waals surface area (Å²) in [6.45, 7) is 0. The van der Waals surface area contributed by atoms with Gasteiger partial charge in [0, 0.05) is 37.4 Å². The van der Waals surface area contributed by atoms with Gasteiger partial charge >= 0.3 is 0 Å². The third-order valence-electron chi connectivity index (χ3n) is 7.76. The molecule has 0 radical (unpaired) electrons. The van der Waals surface area contributed by atoms with Crippen molar-refractivity contribution >= 4 is 69.9 Å². The van der Waals surface area contributed by atoms with Crippen molar-refractivity contribution in [2.45, 2.75) is 12.8 Å². The summed E-state index contributed by atoms with van der Waals surface area (Å²) in [5.74, 6) is 1.86. The van der Waals surface area contributed by atoms with E-state index in [1.807, 2.05) is 42.5 Å². The molecule has 1 aliphatic rings. The molecule has 0 bridgehead atoms. The lowest BCUT2D eigenvalue weighted by Crippen LogP contribution is -2.08. The largest absolute Gasteiger partial charge is 0.276 e. The van der Waals surface area contributed by atoms with Crippen molar-refractivity contribution in [3.05, 3.63) is 103 Å². The molecule has 8 heteroatoms. The average Bonchev–Trinajstić information content (AvgIpc) is 3.75. The molecule has 0 saturated heterocycles. The highest BCUT2D eigenvalue weighted by Crippen LogP contribution is 2.46. The van der Waals surface area contributed by atoms with E-state index in [2.05, 4.69) is 69.5 Å². The number of para-hydroxylation sites is 1. The van der Waals surface area contributed by atoms with Crippen LogP contribution in [-0.4, -0.2) is 29.8 Å². The molecular formula is C33H20N6OS. The number of benzene rings is 4. The van der Waals surface area contributed by atoms with Crippen LogP contribution >= 0.6 is 11.3 Å². The zero-order valence-corrected chi connectivity index (χ0v) is 22.5. The number of allylic oxidation sites excluding steroid dienone is 4. The number of rotatable bonds is 3. The zero-order chi connectivity index (χ0) is 26.9. The number of thiophene rings is 1. The molecule has 4 heterocycles. The Morgan fingerprint density at radius 2 is 1.46 bits per heavy atom. The van der Waals surface area contributed by atoms with Gasteiger partial charge in [0.05, 0.1) is 15.7 Å². The summed E-state index contributed by atoms with van der Waals surface area (Å²) in [5, 5.41) is 13.0. The van der Waals surface area contributed by atoms with E-state index < -0.39 is 0 Å². The zero-order valence-electron chi connectivity index (χ0n) is 21.7. The van der Waals surface area contributed by atoms with Crippen LogP contribution in [0.15, 0.2) is 102 Å². The lowest BCUT2D eigenvalue weighted by atomic mass is 10.1. The van der Waals surface area contributed by atoms with Crippen molar-refractivity contribution < 1.29 is 4.63 Å². The second-order valence-electron chi connectivity index (χ2n) is 10.1. The normalized spacial score (nSPS) is 13.7. The van der Waals surface area contributed by atoms with Crippen molar-refractivity contribution in [3.8, 4) is 17.3 Å². The molecule has 194 valence electrons. The van der Waals surface area contributed by atoms with Gasteiger partial charge in [0.2, 0.25) is 5.95 Å². The number of nitrogens with zero attached hydrogens (tertiary/aromatic N) is 6. The smallest absolute Gasteiger partial charge is 0.238 e. The Labute approximate surface area is 237 Å². The van der Waals surface area contributed by atoms with Gasteiger partial charge < -0.3 is 0 Å². The minimum Gasteiger partial charge on any atom is -0.276 e. The molecule has 0 fully saturated rings. The van der Waals surface area contributed by atoms with Gasteiger partial charge in [-0.15, -0.1) is 11.3 Å². The summed E-state index contributed by atoms with van der Waals surface area (Å²) in [6.07, 6.45) is 8.47. The first-order chi connectivity index (χ1) is 20.3. The van der Waals surface area contributed by atoms with Crippen LogP contribution < -0.4 is 0 Å². The van der Waals surface area contributed by atoms with Gasteiger partial charge in [-0.2, -0.15) is 9.97 Å². The lowest BCUT2D eigenvalue weighted by molar-refractivity contribution is 0.316. The molecule has 0 saturated carbocycles. The molecule has 4 aromatic carbocycles. The Kier molecular flexibility index (Phi) is 4.76. The van der Waals surface area contributed by atoms with E-state index in [9.17, 15) is 0 Å². The average molecular weight is 549 g/mol. The maximum atomic E-state index is 5.38. The van der Waals surface area contributed by atoms with Gasteiger partial charge in [0.25, 0.3) is 0 Å². The quantitative estimate of drug-likeness (QED) is 0.221. The fraction of sp³-hybridized carbons (Fsp3) is 0.0606. The Morgan fingerprint density at radius 1 is 0.707 bits per heavy atom. The van der Waals surface area contributed by atoms with E-state index in [4.69, 9.17) is 19.6 Å². The van der Waals surface area contributed by atoms with Crippen molar-refractivity contribution in [2.75, 3.05) is 0 Å². The van der Waals surface area contributed by atoms with Gasteiger partial charge in [0.1, 0.15) is 11.0 Å². The van der Waals surface area contributed by atoms with Crippen molar-refractivity contribution in [1.29, 1.82) is 0 Å². The lowest BCUT2D eigenvalue weighted by Gasteiger charge is -2.12. The minimum absolute atomic E-state index is 0.564. The maximum absolute atomic E-state index is 5.38. The third kappa shape index (κ3) is 3.28. The fourth-order valence-electron chi connectivity index (χ4n) is 5.96. The molecule has 0 aliphatic heterocycles. The van der Waals surface area contributed by atoms with Gasteiger partial charge in [-0.3, -0.25) is 4.57 Å². The molecule has 8 aromatic rings. The standard InChI is InChI=1S/C33H20N6OS/c1-3-11-19(12-4-1)31-34-32(20-13-5-2-6-14-20)36-33(35-31)39-23-17-9-7-15-21(23)25-27-28(38-40-37-27)26-22-16-8-10-18-24(22)41-30(26)29(25)39/h1,3-5,7-18H,2,6H2. The van der Waals surface area contributed by atoms with Crippen LogP contribution in [0.5, 0.6) is 0 Å². The van der Waals surface area contributed by atoms with Crippen LogP contribution in [0.3, 0.4) is 0 Å². The molecular weight excluding hydrogens is 528 g/mol. The fourth-order valence-corrected chi connectivity index (χ4v) is 7.20. The monoisotopic (exact) mass is 548 g/mol. The second kappa shape index (κ2) is 8.64. The molecule has 7 nitrogen and oxygen atoms in total. The van der Waals surface area contributed by atoms with Crippen LogP contribution in [0.2, 0.25) is 0 Å². The number of hydrogen-bond donors (Lipinski definition) is 0. The molecule has 4 aromatic heterocycles. The summed E-state index contributed by atoms with van der Waals surface area (Å²) < 4.78 is 9.82. The summed E-state index contributed by atoms with van der Waals surface area (Å²) in [7, 11) is 0. The van der Waals surface area contributed by atoms with Crippen LogP contribution in [0.4, 0.5) is 0 Å². The first-order valence-electron chi connectivity index (χ1n) is 13.5. The van der Waals surface area contributed by atoms with Crippen molar-refractivity contribution in [2.24, 2.45) is 0 Å². The Balaban J connectivity index is 1.48. The SMILES string of the molecule is C1=CC(c2nc(-c3ccccc3)nc(-n3c4ccccc4c4c5nonc5c5c6ccccc6sc5c43)n2)=CCC1. The van der Waals surface area contributed by atoms with Crippen LogP contribution in [0.1, 0.15) is 18.7 Å². The molecule has 0 amide bonds. The number of fused-ring (bicyclic) bond motifs is 10. The molecule has 1 aliphatic carbocycles. The first-order valence-corrected chi connectivity index (χ1v) is 14.3. The highest BCUT2D eigenvalue weighted by Gasteiger charge is 2.26. The van der Waals surface area contributed by atoms with E-state index >= 15 is 0 Å². The molecule has 0 N–H and O–H groups in total. The Hall–Kier alpha value is -5.21. The molecule has 9 rings (SSSR count). The van der Waals surface area contributed by atoms with Crippen LogP contribution in [-0.2, 0) is 0 Å². The van der Waals surface area contributed by atoms with Crippen LogP contribution in [0, 0.1) is 0 Å².